The number of alkyl halides is 3. The lowest BCUT2D eigenvalue weighted by Crippen LogP contribution is -2.55. The summed E-state index contributed by atoms with van der Waals surface area (Å²) < 4.78 is 18.6. The lowest BCUT2D eigenvalue weighted by atomic mass is 10.5. The van der Waals surface area contributed by atoms with E-state index in [2.05, 4.69) is 0 Å². The van der Waals surface area contributed by atoms with Gasteiger partial charge in [-0.3, -0.25) is 0 Å². The molecule has 0 spiro atoms. The molecule has 156 valence electrons. The van der Waals surface area contributed by atoms with E-state index >= 15 is 0 Å². The van der Waals surface area contributed by atoms with Crippen LogP contribution in [0.4, 0.5) is 0 Å². The van der Waals surface area contributed by atoms with Gasteiger partial charge in [-0.05, 0) is 0 Å². The fourth-order valence-corrected chi connectivity index (χ4v) is 2.52. The zero-order chi connectivity index (χ0) is 20.1. The smallest absolute Gasteiger partial charge is 0.336 e. The van der Waals surface area contributed by atoms with Crippen LogP contribution in [0.2, 0.25) is 0 Å². The molecule has 0 amide bonds. The van der Waals surface area contributed by atoms with E-state index in [1.54, 1.807) is 0 Å². The largest absolute Gasteiger partial charge is 0.378 e. The maximum Gasteiger partial charge on any atom is 0.336 e. The van der Waals surface area contributed by atoms with Crippen molar-refractivity contribution in [2.24, 2.45) is 0 Å². The summed E-state index contributed by atoms with van der Waals surface area (Å²) in [6, 6.07) is 0. The number of halogens is 3. The van der Waals surface area contributed by atoms with E-state index in [-0.39, 0.29) is 39.5 Å². The van der Waals surface area contributed by atoms with Crippen LogP contribution >= 0.6 is 34.8 Å². The van der Waals surface area contributed by atoms with Crippen LogP contribution in [0.5, 0.6) is 0 Å². The van der Waals surface area contributed by atoms with Gasteiger partial charge in [0.15, 0.2) is 0 Å². The fourth-order valence-electron chi connectivity index (χ4n) is 2.19. The minimum absolute atomic E-state index is 0.0000894. The topological polar surface area (TPSA) is 93.7 Å². The van der Waals surface area contributed by atoms with Gasteiger partial charge in [0.1, 0.15) is 0 Å². The molecule has 0 aliphatic carbocycles. The molecule has 1 aromatic heterocycles. The number of hydrogen-bond acceptors (Lipinski definition) is 6. The summed E-state index contributed by atoms with van der Waals surface area (Å²) in [6.45, 7) is 1.23. The molecular weight excluding hydrogens is 425 g/mol. The van der Waals surface area contributed by atoms with Crippen LogP contribution in [0.3, 0.4) is 0 Å². The Hall–Kier alpha value is -0.840. The number of aromatic nitrogens is 3. The summed E-state index contributed by atoms with van der Waals surface area (Å²) >= 11 is 16.6. The van der Waals surface area contributed by atoms with E-state index in [0.29, 0.717) is 37.5 Å². The predicted octanol–water partition coefficient (Wildman–Crippen LogP) is -0.0621. The van der Waals surface area contributed by atoms with Crippen molar-refractivity contribution < 1.29 is 14.2 Å². The highest BCUT2D eigenvalue weighted by Gasteiger charge is 2.15. The summed E-state index contributed by atoms with van der Waals surface area (Å²) in [5, 5.41) is 0. The maximum absolute atomic E-state index is 12.6. The molecule has 1 heterocycles. The fraction of sp³-hybridized carbons (Fsp3) is 0.800. The minimum atomic E-state index is -0.716. The van der Waals surface area contributed by atoms with Crippen molar-refractivity contribution in [2.75, 3.05) is 57.3 Å². The molecule has 12 heteroatoms. The number of rotatable bonds is 15. The molecule has 0 radical (unpaired) electrons. The Morgan fingerprint density at radius 2 is 0.778 bits per heavy atom. The third-order valence-electron chi connectivity index (χ3n) is 3.43. The van der Waals surface area contributed by atoms with E-state index in [1.165, 1.54) is 0 Å². The van der Waals surface area contributed by atoms with Gasteiger partial charge in [0.2, 0.25) is 0 Å². The van der Waals surface area contributed by atoms with E-state index in [9.17, 15) is 14.4 Å². The number of ether oxygens (including phenoxy) is 3. The zero-order valence-corrected chi connectivity index (χ0v) is 17.2. The van der Waals surface area contributed by atoms with E-state index in [0.717, 1.165) is 13.7 Å². The highest BCUT2D eigenvalue weighted by Crippen LogP contribution is 1.86. The normalized spacial score (nSPS) is 11.2. The van der Waals surface area contributed by atoms with Crippen molar-refractivity contribution in [1.82, 2.24) is 13.7 Å². The SMILES string of the molecule is O=c1n(CCOCCCl)c(=O)n(CCOCCCl)c(=O)n1CCOCCCl. The van der Waals surface area contributed by atoms with Gasteiger partial charge < -0.3 is 14.2 Å². The van der Waals surface area contributed by atoms with Crippen LogP contribution in [0.15, 0.2) is 14.4 Å². The molecule has 1 aromatic rings. The Morgan fingerprint density at radius 1 is 0.519 bits per heavy atom. The second-order valence-electron chi connectivity index (χ2n) is 5.21. The Bertz CT molecular complexity index is 593. The molecule has 0 unspecified atom stereocenters. The first-order valence-electron chi connectivity index (χ1n) is 8.44. The van der Waals surface area contributed by atoms with E-state index < -0.39 is 17.1 Å². The summed E-state index contributed by atoms with van der Waals surface area (Å²) in [6.07, 6.45) is 0. The van der Waals surface area contributed by atoms with Gasteiger partial charge in [-0.15, -0.1) is 34.8 Å². The van der Waals surface area contributed by atoms with Crippen molar-refractivity contribution in [3.05, 3.63) is 31.5 Å². The molecule has 0 saturated heterocycles. The van der Waals surface area contributed by atoms with Crippen LogP contribution in [0.25, 0.3) is 0 Å². The average molecular weight is 449 g/mol. The third kappa shape index (κ3) is 7.97. The van der Waals surface area contributed by atoms with Crippen molar-refractivity contribution in [3.8, 4) is 0 Å². The van der Waals surface area contributed by atoms with Gasteiger partial charge in [-0.25, -0.2) is 28.1 Å². The van der Waals surface area contributed by atoms with Crippen molar-refractivity contribution >= 4 is 34.8 Å². The second kappa shape index (κ2) is 14.2. The van der Waals surface area contributed by atoms with Gasteiger partial charge in [0, 0.05) is 17.6 Å². The van der Waals surface area contributed by atoms with Crippen LogP contribution in [-0.2, 0) is 33.8 Å². The van der Waals surface area contributed by atoms with Crippen LogP contribution in [0.1, 0.15) is 0 Å². The highest BCUT2D eigenvalue weighted by molar-refractivity contribution is 6.18. The molecular formula is C15H24Cl3N3O6. The lowest BCUT2D eigenvalue weighted by molar-refractivity contribution is 0.125. The Morgan fingerprint density at radius 3 is 1.00 bits per heavy atom. The molecule has 0 saturated carbocycles. The monoisotopic (exact) mass is 447 g/mol. The molecule has 0 bridgehead atoms. The second-order valence-corrected chi connectivity index (χ2v) is 6.34. The molecule has 0 aliphatic heterocycles. The molecule has 0 aromatic carbocycles. The number of nitrogens with zero attached hydrogens (tertiary/aromatic N) is 3. The van der Waals surface area contributed by atoms with E-state index in [4.69, 9.17) is 49.0 Å². The first kappa shape index (κ1) is 24.2. The van der Waals surface area contributed by atoms with Gasteiger partial charge >= 0.3 is 17.1 Å². The first-order valence-corrected chi connectivity index (χ1v) is 10.0. The standard InChI is InChI=1S/C15H24Cl3N3O6/c16-1-7-25-10-4-19-13(22)20(5-11-26-8-2-17)15(24)21(14(19)23)6-12-27-9-3-18/h1-12H2. The Balaban J connectivity index is 3.09. The summed E-state index contributed by atoms with van der Waals surface area (Å²) in [5.74, 6) is 0.900. The minimum Gasteiger partial charge on any atom is -0.378 e. The molecule has 0 aliphatic rings. The van der Waals surface area contributed by atoms with Gasteiger partial charge in [0.05, 0.1) is 59.3 Å². The zero-order valence-electron chi connectivity index (χ0n) is 14.9. The van der Waals surface area contributed by atoms with Crippen LogP contribution in [-0.4, -0.2) is 71.0 Å². The maximum atomic E-state index is 12.6. The molecule has 0 N–H and O–H groups in total. The highest BCUT2D eigenvalue weighted by atomic mass is 35.5. The van der Waals surface area contributed by atoms with Crippen LogP contribution in [0, 0.1) is 0 Å². The van der Waals surface area contributed by atoms with Crippen LogP contribution < -0.4 is 17.1 Å². The van der Waals surface area contributed by atoms with Gasteiger partial charge in [0.25, 0.3) is 0 Å². The van der Waals surface area contributed by atoms with Crippen molar-refractivity contribution in [3.63, 3.8) is 0 Å². The average Bonchev–Trinajstić information content (AvgIpc) is 2.66. The summed E-state index contributed by atoms with van der Waals surface area (Å²) in [4.78, 5) is 37.7. The van der Waals surface area contributed by atoms with Crippen molar-refractivity contribution in [2.45, 2.75) is 19.6 Å². The first-order chi connectivity index (χ1) is 13.1. The molecule has 0 atom stereocenters. The predicted molar refractivity (Wildman–Crippen MR) is 104 cm³/mol. The number of hydrogen-bond donors (Lipinski definition) is 0. The Labute approximate surface area is 171 Å². The summed E-state index contributed by atoms with van der Waals surface area (Å²) in [5.41, 5.74) is -2.15. The van der Waals surface area contributed by atoms with E-state index in [1.807, 2.05) is 0 Å². The van der Waals surface area contributed by atoms with Crippen molar-refractivity contribution in [1.29, 1.82) is 0 Å². The molecule has 27 heavy (non-hydrogen) atoms. The summed E-state index contributed by atoms with van der Waals surface area (Å²) in [7, 11) is 0. The molecule has 1 rings (SSSR count). The molecule has 9 nitrogen and oxygen atoms in total. The lowest BCUT2D eigenvalue weighted by Gasteiger charge is -2.14. The van der Waals surface area contributed by atoms with Gasteiger partial charge in [-0.2, -0.15) is 0 Å². The van der Waals surface area contributed by atoms with Gasteiger partial charge in [-0.1, -0.05) is 0 Å². The third-order valence-corrected chi connectivity index (χ3v) is 3.89. The quantitative estimate of drug-likeness (QED) is 0.276. The Kier molecular flexibility index (Phi) is 12.7. The molecule has 0 fully saturated rings.